The van der Waals surface area contributed by atoms with Gasteiger partial charge in [0.25, 0.3) is 5.91 Å². The zero-order valence-electron chi connectivity index (χ0n) is 10.9. The number of nitrogens with two attached hydrogens (primary N) is 1. The van der Waals surface area contributed by atoms with Crippen LogP contribution < -0.4 is 5.73 Å². The van der Waals surface area contributed by atoms with Crippen LogP contribution in [0.15, 0.2) is 53.0 Å². The molecule has 3 N–H and O–H groups in total. The maximum Gasteiger partial charge on any atom is 0.286 e. The van der Waals surface area contributed by atoms with Gasteiger partial charge in [-0.05, 0) is 23.3 Å². The number of primary amides is 1. The van der Waals surface area contributed by atoms with Crippen molar-refractivity contribution in [2.45, 2.75) is 0 Å². The highest BCUT2D eigenvalue weighted by Gasteiger charge is 2.11. The van der Waals surface area contributed by atoms with Gasteiger partial charge in [-0.2, -0.15) is 5.10 Å². The van der Waals surface area contributed by atoms with Crippen LogP contribution in [0.1, 0.15) is 10.6 Å². The van der Waals surface area contributed by atoms with Gasteiger partial charge >= 0.3 is 0 Å². The second-order valence-corrected chi connectivity index (χ2v) is 5.29. The van der Waals surface area contributed by atoms with Crippen molar-refractivity contribution in [3.63, 3.8) is 0 Å². The molecule has 2 aromatic carbocycles. The highest BCUT2D eigenvalue weighted by Crippen LogP contribution is 2.30. The van der Waals surface area contributed by atoms with E-state index in [4.69, 9.17) is 5.73 Å². The van der Waals surface area contributed by atoms with Crippen LogP contribution in [-0.4, -0.2) is 21.1 Å². The quantitative estimate of drug-likeness (QED) is 0.767. The van der Waals surface area contributed by atoms with E-state index in [1.807, 2.05) is 48.5 Å². The first-order chi connectivity index (χ1) is 10.1. The lowest BCUT2D eigenvalue weighted by molar-refractivity contribution is 0.0991. The summed E-state index contributed by atoms with van der Waals surface area (Å²) >= 11 is 3.54. The molecule has 3 rings (SSSR count). The summed E-state index contributed by atoms with van der Waals surface area (Å²) in [6.07, 6.45) is 0. The van der Waals surface area contributed by atoms with Crippen molar-refractivity contribution < 1.29 is 4.79 Å². The van der Waals surface area contributed by atoms with Gasteiger partial charge in [-0.15, -0.1) is 0 Å². The van der Waals surface area contributed by atoms with Crippen LogP contribution in [0.2, 0.25) is 0 Å². The van der Waals surface area contributed by atoms with Gasteiger partial charge < -0.3 is 5.73 Å². The Labute approximate surface area is 129 Å². The molecule has 3 aromatic rings. The van der Waals surface area contributed by atoms with E-state index in [9.17, 15) is 4.79 Å². The van der Waals surface area contributed by atoms with E-state index in [0.717, 1.165) is 21.2 Å². The molecular formula is C15H11BrN4O. The van der Waals surface area contributed by atoms with Crippen LogP contribution in [0.4, 0.5) is 0 Å². The fourth-order valence-electron chi connectivity index (χ4n) is 2.02. The van der Waals surface area contributed by atoms with E-state index in [-0.39, 0.29) is 5.82 Å². The molecule has 6 heteroatoms. The topological polar surface area (TPSA) is 84.7 Å². The Hall–Kier alpha value is -2.47. The molecule has 1 aromatic heterocycles. The third-order valence-corrected chi connectivity index (χ3v) is 3.72. The zero-order chi connectivity index (χ0) is 14.8. The Kier molecular flexibility index (Phi) is 3.53. The molecule has 104 valence electrons. The highest BCUT2D eigenvalue weighted by molar-refractivity contribution is 9.10. The van der Waals surface area contributed by atoms with E-state index in [1.165, 1.54) is 0 Å². The third kappa shape index (κ3) is 2.71. The van der Waals surface area contributed by atoms with Crippen LogP contribution in [0.3, 0.4) is 0 Å². The van der Waals surface area contributed by atoms with E-state index < -0.39 is 5.91 Å². The highest BCUT2D eigenvalue weighted by atomic mass is 79.9. The van der Waals surface area contributed by atoms with Crippen molar-refractivity contribution in [2.75, 3.05) is 0 Å². The molecule has 0 bridgehead atoms. The molecule has 0 spiro atoms. The smallest absolute Gasteiger partial charge is 0.286 e. The Morgan fingerprint density at radius 2 is 1.86 bits per heavy atom. The van der Waals surface area contributed by atoms with Crippen LogP contribution in [0.5, 0.6) is 0 Å². The second-order valence-electron chi connectivity index (χ2n) is 4.43. The minimum absolute atomic E-state index is 0.0521. The Balaban J connectivity index is 2.04. The number of hydrogen-bond acceptors (Lipinski definition) is 3. The standard InChI is InChI=1S/C15H11BrN4O/c16-12-7-2-1-6-11(12)9-4-3-5-10(8-9)14-18-15(13(17)21)20-19-14/h1-8H,(H2,17,21)(H,18,19,20). The molecule has 0 aliphatic heterocycles. The van der Waals surface area contributed by atoms with E-state index in [1.54, 1.807) is 0 Å². The Morgan fingerprint density at radius 1 is 1.10 bits per heavy atom. The van der Waals surface area contributed by atoms with Gasteiger partial charge in [0.05, 0.1) is 0 Å². The predicted octanol–water partition coefficient (Wildman–Crippen LogP) is 3.00. The fraction of sp³-hybridized carbons (Fsp3) is 0. The number of aromatic nitrogens is 3. The van der Waals surface area contributed by atoms with Crippen LogP contribution in [0.25, 0.3) is 22.5 Å². The van der Waals surface area contributed by atoms with Crippen LogP contribution in [0, 0.1) is 0 Å². The zero-order valence-corrected chi connectivity index (χ0v) is 12.5. The van der Waals surface area contributed by atoms with Gasteiger partial charge in [-0.25, -0.2) is 4.98 Å². The average Bonchev–Trinajstić information content (AvgIpc) is 2.98. The number of aromatic amines is 1. The summed E-state index contributed by atoms with van der Waals surface area (Å²) < 4.78 is 1.01. The number of nitrogens with zero attached hydrogens (tertiary/aromatic N) is 2. The summed E-state index contributed by atoms with van der Waals surface area (Å²) in [5.74, 6) is -0.135. The van der Waals surface area contributed by atoms with Gasteiger partial charge in [0.15, 0.2) is 5.82 Å². The molecular weight excluding hydrogens is 332 g/mol. The first-order valence-electron chi connectivity index (χ1n) is 6.22. The van der Waals surface area contributed by atoms with E-state index in [0.29, 0.717) is 5.82 Å². The van der Waals surface area contributed by atoms with E-state index >= 15 is 0 Å². The van der Waals surface area contributed by atoms with Crippen molar-refractivity contribution in [2.24, 2.45) is 5.73 Å². The Morgan fingerprint density at radius 3 is 2.57 bits per heavy atom. The molecule has 21 heavy (non-hydrogen) atoms. The molecule has 5 nitrogen and oxygen atoms in total. The van der Waals surface area contributed by atoms with Crippen LogP contribution in [-0.2, 0) is 0 Å². The van der Waals surface area contributed by atoms with Crippen molar-refractivity contribution in [3.05, 3.63) is 58.8 Å². The first-order valence-corrected chi connectivity index (χ1v) is 7.02. The summed E-state index contributed by atoms with van der Waals surface area (Å²) in [6, 6.07) is 15.7. The number of halogens is 1. The molecule has 0 saturated carbocycles. The fourth-order valence-corrected chi connectivity index (χ4v) is 2.54. The van der Waals surface area contributed by atoms with Gasteiger partial charge in [0.1, 0.15) is 0 Å². The first kappa shape index (κ1) is 13.5. The monoisotopic (exact) mass is 342 g/mol. The lowest BCUT2D eigenvalue weighted by Crippen LogP contribution is -2.12. The largest absolute Gasteiger partial charge is 0.363 e. The van der Waals surface area contributed by atoms with Gasteiger partial charge in [-0.3, -0.25) is 9.89 Å². The minimum atomic E-state index is -0.629. The molecule has 0 saturated heterocycles. The molecule has 0 atom stereocenters. The maximum atomic E-state index is 11.1. The minimum Gasteiger partial charge on any atom is -0.363 e. The molecule has 0 aliphatic rings. The number of benzene rings is 2. The molecule has 0 unspecified atom stereocenters. The Bertz CT molecular complexity index is 813. The number of rotatable bonds is 3. The summed E-state index contributed by atoms with van der Waals surface area (Å²) in [5, 5.41) is 6.55. The number of H-pyrrole nitrogens is 1. The van der Waals surface area contributed by atoms with Gasteiger partial charge in [0.2, 0.25) is 5.82 Å². The van der Waals surface area contributed by atoms with Crippen molar-refractivity contribution in [3.8, 4) is 22.5 Å². The lowest BCUT2D eigenvalue weighted by Gasteiger charge is -2.05. The van der Waals surface area contributed by atoms with Gasteiger partial charge in [-0.1, -0.05) is 52.3 Å². The molecule has 0 radical (unpaired) electrons. The number of hydrogen-bond donors (Lipinski definition) is 2. The average molecular weight is 343 g/mol. The molecule has 1 heterocycles. The number of amides is 1. The van der Waals surface area contributed by atoms with E-state index in [2.05, 4.69) is 31.1 Å². The SMILES string of the molecule is NC(=O)c1nc(-c2cccc(-c3ccccc3Br)c2)n[nH]1. The summed E-state index contributed by atoms with van der Waals surface area (Å²) in [7, 11) is 0. The number of nitrogens with one attached hydrogen (secondary N) is 1. The summed E-state index contributed by atoms with van der Waals surface area (Å²) in [4.78, 5) is 15.1. The van der Waals surface area contributed by atoms with Crippen molar-refractivity contribution in [1.82, 2.24) is 15.2 Å². The van der Waals surface area contributed by atoms with Crippen molar-refractivity contribution >= 4 is 21.8 Å². The number of carbonyl (C=O) groups is 1. The molecule has 0 fully saturated rings. The van der Waals surface area contributed by atoms with Gasteiger partial charge in [0, 0.05) is 10.0 Å². The molecule has 1 amide bonds. The summed E-state index contributed by atoms with van der Waals surface area (Å²) in [5.41, 5.74) is 8.09. The third-order valence-electron chi connectivity index (χ3n) is 3.02. The maximum absolute atomic E-state index is 11.1. The summed E-state index contributed by atoms with van der Waals surface area (Å²) in [6.45, 7) is 0. The van der Waals surface area contributed by atoms with Crippen molar-refractivity contribution in [1.29, 1.82) is 0 Å². The normalized spacial score (nSPS) is 10.5. The lowest BCUT2D eigenvalue weighted by atomic mass is 10.0. The predicted molar refractivity (Wildman–Crippen MR) is 83.5 cm³/mol. The number of carbonyl (C=O) groups excluding carboxylic acids is 1. The second kappa shape index (κ2) is 5.49. The molecule has 0 aliphatic carbocycles. The van der Waals surface area contributed by atoms with Crippen LogP contribution >= 0.6 is 15.9 Å².